The molecule has 0 fully saturated rings. The Labute approximate surface area is 129 Å². The molecule has 21 heavy (non-hydrogen) atoms. The van der Waals surface area contributed by atoms with Crippen LogP contribution in [-0.2, 0) is 4.79 Å². The summed E-state index contributed by atoms with van der Waals surface area (Å²) in [4.78, 5) is 20.5. The van der Waals surface area contributed by atoms with Crippen LogP contribution >= 0.6 is 11.8 Å². The highest BCUT2D eigenvalue weighted by atomic mass is 32.2. The molecule has 0 saturated carbocycles. The standard InChI is InChI=1S/C16H19N3OS/c1-12-11-13(2)18-16(17-12)21-10-6-9-15(20)19-14-7-4-3-5-8-14/h3-5,7-8,11H,6,9-10H2,1-2H3,(H,19,20). The molecule has 0 atom stereocenters. The zero-order valence-electron chi connectivity index (χ0n) is 12.3. The maximum Gasteiger partial charge on any atom is 0.224 e. The van der Waals surface area contributed by atoms with E-state index in [1.54, 1.807) is 11.8 Å². The molecule has 1 aromatic heterocycles. The van der Waals surface area contributed by atoms with Gasteiger partial charge in [0.1, 0.15) is 0 Å². The molecule has 0 unspecified atom stereocenters. The van der Waals surface area contributed by atoms with Gasteiger partial charge < -0.3 is 5.32 Å². The van der Waals surface area contributed by atoms with Crippen molar-refractivity contribution in [2.75, 3.05) is 11.1 Å². The first-order valence-electron chi connectivity index (χ1n) is 6.93. The van der Waals surface area contributed by atoms with Gasteiger partial charge in [0.25, 0.3) is 0 Å². The van der Waals surface area contributed by atoms with Crippen molar-refractivity contribution < 1.29 is 4.79 Å². The Morgan fingerprint density at radius 2 is 1.81 bits per heavy atom. The minimum Gasteiger partial charge on any atom is -0.326 e. The number of benzene rings is 1. The summed E-state index contributed by atoms with van der Waals surface area (Å²) in [5, 5.41) is 3.67. The molecule has 0 aliphatic rings. The number of anilines is 1. The third-order valence-electron chi connectivity index (χ3n) is 2.80. The van der Waals surface area contributed by atoms with Gasteiger partial charge in [0.05, 0.1) is 0 Å². The lowest BCUT2D eigenvalue weighted by atomic mass is 10.3. The van der Waals surface area contributed by atoms with E-state index in [0.29, 0.717) is 6.42 Å². The van der Waals surface area contributed by atoms with E-state index < -0.39 is 0 Å². The predicted octanol–water partition coefficient (Wildman–Crippen LogP) is 3.60. The van der Waals surface area contributed by atoms with E-state index in [0.717, 1.165) is 34.4 Å². The molecule has 0 aliphatic heterocycles. The van der Waals surface area contributed by atoms with E-state index >= 15 is 0 Å². The second-order valence-corrected chi connectivity index (χ2v) is 5.86. The van der Waals surface area contributed by atoms with Crippen LogP contribution in [0.15, 0.2) is 41.6 Å². The first-order chi connectivity index (χ1) is 10.1. The van der Waals surface area contributed by atoms with Gasteiger partial charge in [0.2, 0.25) is 5.91 Å². The zero-order valence-corrected chi connectivity index (χ0v) is 13.1. The molecule has 1 amide bonds. The largest absolute Gasteiger partial charge is 0.326 e. The van der Waals surface area contributed by atoms with Crippen LogP contribution < -0.4 is 5.32 Å². The van der Waals surface area contributed by atoms with Crippen LogP contribution in [-0.4, -0.2) is 21.6 Å². The second-order valence-electron chi connectivity index (χ2n) is 4.80. The van der Waals surface area contributed by atoms with Crippen molar-refractivity contribution in [3.63, 3.8) is 0 Å². The molecule has 1 N–H and O–H groups in total. The van der Waals surface area contributed by atoms with Gasteiger partial charge in [-0.15, -0.1) is 0 Å². The maximum absolute atomic E-state index is 11.8. The summed E-state index contributed by atoms with van der Waals surface area (Å²) >= 11 is 1.59. The number of nitrogens with zero attached hydrogens (tertiary/aromatic N) is 2. The number of aryl methyl sites for hydroxylation is 2. The fourth-order valence-electron chi connectivity index (χ4n) is 1.90. The topological polar surface area (TPSA) is 54.9 Å². The Bertz CT molecular complexity index is 581. The highest BCUT2D eigenvalue weighted by molar-refractivity contribution is 7.99. The molecule has 0 aliphatic carbocycles. The van der Waals surface area contributed by atoms with E-state index in [-0.39, 0.29) is 5.91 Å². The maximum atomic E-state index is 11.8. The average Bonchev–Trinajstić information content (AvgIpc) is 2.44. The van der Waals surface area contributed by atoms with Crippen molar-refractivity contribution in [2.45, 2.75) is 31.8 Å². The number of hydrogen-bond donors (Lipinski definition) is 1. The van der Waals surface area contributed by atoms with E-state index in [9.17, 15) is 4.79 Å². The van der Waals surface area contributed by atoms with Crippen LogP contribution in [0.5, 0.6) is 0 Å². The highest BCUT2D eigenvalue weighted by Crippen LogP contribution is 2.16. The van der Waals surface area contributed by atoms with Crippen LogP contribution in [0.3, 0.4) is 0 Å². The SMILES string of the molecule is Cc1cc(C)nc(SCCCC(=O)Nc2ccccc2)n1. The lowest BCUT2D eigenvalue weighted by molar-refractivity contribution is -0.116. The number of para-hydroxylation sites is 1. The monoisotopic (exact) mass is 301 g/mol. The third kappa shape index (κ3) is 5.55. The van der Waals surface area contributed by atoms with Gasteiger partial charge in [-0.1, -0.05) is 30.0 Å². The van der Waals surface area contributed by atoms with Gasteiger partial charge in [-0.25, -0.2) is 9.97 Å². The number of nitrogens with one attached hydrogen (secondary N) is 1. The van der Waals surface area contributed by atoms with Crippen molar-refractivity contribution in [2.24, 2.45) is 0 Å². The van der Waals surface area contributed by atoms with Crippen LogP contribution in [0.4, 0.5) is 5.69 Å². The van der Waals surface area contributed by atoms with E-state index in [1.165, 1.54) is 0 Å². The Morgan fingerprint density at radius 3 is 2.48 bits per heavy atom. The second kappa shape index (κ2) is 7.78. The van der Waals surface area contributed by atoms with Crippen molar-refractivity contribution >= 4 is 23.4 Å². The summed E-state index contributed by atoms with van der Waals surface area (Å²) in [5.74, 6) is 0.883. The first-order valence-corrected chi connectivity index (χ1v) is 7.92. The highest BCUT2D eigenvalue weighted by Gasteiger charge is 2.04. The lowest BCUT2D eigenvalue weighted by Crippen LogP contribution is -2.11. The molecule has 0 spiro atoms. The molecule has 0 radical (unpaired) electrons. The van der Waals surface area contributed by atoms with Gasteiger partial charge in [-0.2, -0.15) is 0 Å². The van der Waals surface area contributed by atoms with Crippen molar-refractivity contribution in [3.8, 4) is 0 Å². The summed E-state index contributed by atoms with van der Waals surface area (Å²) < 4.78 is 0. The number of aromatic nitrogens is 2. The Hall–Kier alpha value is -1.88. The number of hydrogen-bond acceptors (Lipinski definition) is 4. The van der Waals surface area contributed by atoms with E-state index in [1.807, 2.05) is 50.2 Å². The molecule has 1 aromatic carbocycles. The molecule has 2 aromatic rings. The lowest BCUT2D eigenvalue weighted by Gasteiger charge is -2.05. The average molecular weight is 301 g/mol. The van der Waals surface area contributed by atoms with Crippen LogP contribution in [0.1, 0.15) is 24.2 Å². The number of thioether (sulfide) groups is 1. The summed E-state index contributed by atoms with van der Waals surface area (Å²) in [6, 6.07) is 11.5. The summed E-state index contributed by atoms with van der Waals surface area (Å²) in [6.07, 6.45) is 1.31. The van der Waals surface area contributed by atoms with E-state index in [4.69, 9.17) is 0 Å². The molecular weight excluding hydrogens is 282 g/mol. The van der Waals surface area contributed by atoms with Crippen molar-refractivity contribution in [1.82, 2.24) is 9.97 Å². The summed E-state index contributed by atoms with van der Waals surface area (Å²) in [7, 11) is 0. The Kier molecular flexibility index (Phi) is 5.75. The van der Waals surface area contributed by atoms with Crippen LogP contribution in [0.2, 0.25) is 0 Å². The number of carbonyl (C=O) groups is 1. The van der Waals surface area contributed by atoms with Crippen LogP contribution in [0.25, 0.3) is 0 Å². The minimum atomic E-state index is 0.0446. The minimum absolute atomic E-state index is 0.0446. The van der Waals surface area contributed by atoms with Gasteiger partial charge >= 0.3 is 0 Å². The Balaban J connectivity index is 1.71. The van der Waals surface area contributed by atoms with Crippen molar-refractivity contribution in [1.29, 1.82) is 0 Å². The van der Waals surface area contributed by atoms with Gasteiger partial charge in [0.15, 0.2) is 5.16 Å². The smallest absolute Gasteiger partial charge is 0.224 e. The Morgan fingerprint density at radius 1 is 1.14 bits per heavy atom. The molecule has 1 heterocycles. The molecule has 2 rings (SSSR count). The van der Waals surface area contributed by atoms with Gasteiger partial charge in [0, 0.05) is 29.2 Å². The molecule has 110 valence electrons. The molecular formula is C16H19N3OS. The van der Waals surface area contributed by atoms with Gasteiger partial charge in [-0.3, -0.25) is 4.79 Å². The van der Waals surface area contributed by atoms with E-state index in [2.05, 4.69) is 15.3 Å². The first kappa shape index (κ1) is 15.5. The molecule has 4 nitrogen and oxygen atoms in total. The molecule has 5 heteroatoms. The molecule has 0 saturated heterocycles. The third-order valence-corrected chi connectivity index (χ3v) is 3.73. The number of rotatable bonds is 6. The van der Waals surface area contributed by atoms with Crippen molar-refractivity contribution in [3.05, 3.63) is 47.8 Å². The number of carbonyl (C=O) groups excluding carboxylic acids is 1. The predicted molar refractivity (Wildman–Crippen MR) is 86.5 cm³/mol. The summed E-state index contributed by atoms with van der Waals surface area (Å²) in [6.45, 7) is 3.93. The fraction of sp³-hybridized carbons (Fsp3) is 0.312. The zero-order chi connectivity index (χ0) is 15.1. The normalized spacial score (nSPS) is 10.4. The number of amides is 1. The molecule has 0 bridgehead atoms. The fourth-order valence-corrected chi connectivity index (χ4v) is 2.79. The summed E-state index contributed by atoms with van der Waals surface area (Å²) in [5.41, 5.74) is 2.80. The van der Waals surface area contributed by atoms with Gasteiger partial charge in [-0.05, 0) is 38.5 Å². The quantitative estimate of drug-likeness (QED) is 0.503. The van der Waals surface area contributed by atoms with Crippen LogP contribution in [0, 0.1) is 13.8 Å².